The second kappa shape index (κ2) is 8.71. The fourth-order valence-corrected chi connectivity index (χ4v) is 6.28. The highest BCUT2D eigenvalue weighted by molar-refractivity contribution is 6.37. The molecule has 3 aliphatic heterocycles. The van der Waals surface area contributed by atoms with Crippen molar-refractivity contribution in [2.75, 3.05) is 4.90 Å². The van der Waals surface area contributed by atoms with Gasteiger partial charge in [-0.05, 0) is 53.6 Å². The lowest BCUT2D eigenvalue weighted by Crippen LogP contribution is -2.44. The van der Waals surface area contributed by atoms with Gasteiger partial charge in [0.15, 0.2) is 5.78 Å². The van der Waals surface area contributed by atoms with E-state index in [2.05, 4.69) is 0 Å². The third-order valence-electron chi connectivity index (χ3n) is 7.36. The van der Waals surface area contributed by atoms with Crippen LogP contribution >= 0.6 is 23.2 Å². The molecular weight excluding hydrogens is 540 g/mol. The number of hydrogen-bond donors (Lipinski definition) is 0. The highest BCUT2D eigenvalue weighted by Crippen LogP contribution is 2.54. The number of nitrogens with zero attached hydrogens (tertiary/aromatic N) is 2. The van der Waals surface area contributed by atoms with E-state index < -0.39 is 53.3 Å². The molecule has 1 unspecified atom stereocenters. The van der Waals surface area contributed by atoms with Crippen molar-refractivity contribution in [2.45, 2.75) is 18.3 Å². The molecule has 5 nitrogen and oxygen atoms in total. The molecule has 2 amide bonds. The van der Waals surface area contributed by atoms with E-state index in [-0.39, 0.29) is 16.3 Å². The molecule has 10 heteroatoms. The number of amides is 2. The van der Waals surface area contributed by atoms with Crippen LogP contribution in [0.1, 0.15) is 33.1 Å². The molecule has 3 heterocycles. The summed E-state index contributed by atoms with van der Waals surface area (Å²) in [5.41, 5.74) is 0.523. The molecule has 3 aromatic carbocycles. The molecule has 3 aromatic rings. The van der Waals surface area contributed by atoms with E-state index in [1.807, 2.05) is 18.2 Å². The first-order chi connectivity index (χ1) is 18.1. The highest BCUT2D eigenvalue weighted by Gasteiger charge is 2.64. The smallest absolute Gasteiger partial charge is 0.358 e. The van der Waals surface area contributed by atoms with Crippen molar-refractivity contribution >= 4 is 52.6 Å². The Morgan fingerprint density at radius 1 is 0.868 bits per heavy atom. The molecule has 4 atom stereocenters. The summed E-state index contributed by atoms with van der Waals surface area (Å²) in [6.07, 6.45) is -1.17. The van der Waals surface area contributed by atoms with Crippen LogP contribution in [0.5, 0.6) is 0 Å². The maximum absolute atomic E-state index is 13.9. The molecule has 6 rings (SSSR count). The van der Waals surface area contributed by atoms with Gasteiger partial charge in [0.1, 0.15) is 6.04 Å². The summed E-state index contributed by atoms with van der Waals surface area (Å²) in [5, 5.41) is 0.416. The van der Waals surface area contributed by atoms with E-state index in [0.29, 0.717) is 5.02 Å². The molecule has 2 saturated heterocycles. The SMILES string of the molecule is O=C(c1ccc(Cl)cc1Cl)[C@@H]1[C@@H]2C(=O)N(c3cccc(C(F)(F)F)c3)C(=O)[C@@H]2C2c3ccccc3C=CN21. The summed E-state index contributed by atoms with van der Waals surface area (Å²) in [4.78, 5) is 44.1. The summed E-state index contributed by atoms with van der Waals surface area (Å²) < 4.78 is 40.3. The van der Waals surface area contributed by atoms with Crippen molar-refractivity contribution in [1.29, 1.82) is 0 Å². The van der Waals surface area contributed by atoms with Gasteiger partial charge in [-0.15, -0.1) is 0 Å². The van der Waals surface area contributed by atoms with Crippen LogP contribution in [-0.2, 0) is 15.8 Å². The number of ketones is 1. The molecule has 192 valence electrons. The largest absolute Gasteiger partial charge is 0.416 e. The molecule has 2 fully saturated rings. The predicted octanol–water partition coefficient (Wildman–Crippen LogP) is 6.41. The van der Waals surface area contributed by atoms with E-state index in [1.165, 1.54) is 24.3 Å². The maximum atomic E-state index is 13.9. The third-order valence-corrected chi connectivity index (χ3v) is 7.91. The van der Waals surface area contributed by atoms with Crippen molar-refractivity contribution in [1.82, 2.24) is 4.90 Å². The first kappa shape index (κ1) is 24.7. The lowest BCUT2D eigenvalue weighted by molar-refractivity contribution is -0.137. The quantitative estimate of drug-likeness (QED) is 0.276. The monoisotopic (exact) mass is 556 g/mol. The summed E-state index contributed by atoms with van der Waals surface area (Å²) in [7, 11) is 0. The molecule has 0 bridgehead atoms. The predicted molar refractivity (Wildman–Crippen MR) is 136 cm³/mol. The standard InChI is InChI=1S/C28H17Cl2F3N2O3/c29-16-8-9-19(20(30)13-16)25(36)24-22-21(23-18-7-2-1-4-14(18)10-11-34(23)24)26(37)35(27(22)38)17-6-3-5-15(12-17)28(31,32)33/h1-13,21-24H/t21-,22+,23?,24-/m0/s1. The highest BCUT2D eigenvalue weighted by atomic mass is 35.5. The Labute approximate surface area is 225 Å². The van der Waals surface area contributed by atoms with Crippen LogP contribution in [0.2, 0.25) is 10.0 Å². The normalized spacial score (nSPS) is 23.9. The van der Waals surface area contributed by atoms with Crippen LogP contribution in [0.15, 0.2) is 72.9 Å². The van der Waals surface area contributed by atoms with Gasteiger partial charge in [-0.2, -0.15) is 13.2 Å². The maximum Gasteiger partial charge on any atom is 0.416 e. The average molecular weight is 557 g/mol. The molecule has 0 aromatic heterocycles. The lowest BCUT2D eigenvalue weighted by Gasteiger charge is -2.35. The fraction of sp³-hybridized carbons (Fsp3) is 0.179. The van der Waals surface area contributed by atoms with E-state index in [4.69, 9.17) is 23.2 Å². The van der Waals surface area contributed by atoms with Gasteiger partial charge in [-0.25, -0.2) is 4.90 Å². The number of imide groups is 1. The van der Waals surface area contributed by atoms with Crippen molar-refractivity contribution in [2.24, 2.45) is 11.8 Å². The number of hydrogen-bond acceptors (Lipinski definition) is 4. The number of carbonyl (C=O) groups excluding carboxylic acids is 3. The van der Waals surface area contributed by atoms with Crippen molar-refractivity contribution < 1.29 is 27.6 Å². The van der Waals surface area contributed by atoms with Gasteiger partial charge < -0.3 is 4.90 Å². The molecule has 0 N–H and O–H groups in total. The van der Waals surface area contributed by atoms with E-state index >= 15 is 0 Å². The number of anilines is 1. The first-order valence-corrected chi connectivity index (χ1v) is 12.4. The zero-order chi connectivity index (χ0) is 26.9. The summed E-state index contributed by atoms with van der Waals surface area (Å²) in [6, 6.07) is 14.0. The number of alkyl halides is 3. The summed E-state index contributed by atoms with van der Waals surface area (Å²) in [5.74, 6) is -4.01. The minimum absolute atomic E-state index is 0.0930. The first-order valence-electron chi connectivity index (χ1n) is 11.7. The van der Waals surface area contributed by atoms with Gasteiger partial charge in [0, 0.05) is 16.8 Å². The molecule has 0 saturated carbocycles. The Morgan fingerprint density at radius 3 is 2.34 bits per heavy atom. The average Bonchev–Trinajstić information content (AvgIpc) is 3.35. The lowest BCUT2D eigenvalue weighted by atomic mass is 9.83. The van der Waals surface area contributed by atoms with Crippen LogP contribution in [0, 0.1) is 11.8 Å². The summed E-state index contributed by atoms with van der Waals surface area (Å²) in [6.45, 7) is 0. The van der Waals surface area contributed by atoms with Gasteiger partial charge in [-0.3, -0.25) is 14.4 Å². The van der Waals surface area contributed by atoms with Crippen molar-refractivity contribution in [3.63, 3.8) is 0 Å². The van der Waals surface area contributed by atoms with Gasteiger partial charge >= 0.3 is 6.18 Å². The Hall–Kier alpha value is -3.62. The van der Waals surface area contributed by atoms with E-state index in [9.17, 15) is 27.6 Å². The van der Waals surface area contributed by atoms with E-state index in [0.717, 1.165) is 34.2 Å². The Balaban J connectivity index is 1.49. The number of rotatable bonds is 3. The zero-order valence-corrected chi connectivity index (χ0v) is 20.8. The van der Waals surface area contributed by atoms with Crippen LogP contribution in [0.25, 0.3) is 6.08 Å². The Morgan fingerprint density at radius 2 is 1.61 bits per heavy atom. The topological polar surface area (TPSA) is 57.7 Å². The Kier molecular flexibility index (Phi) is 5.66. The zero-order valence-electron chi connectivity index (χ0n) is 19.3. The van der Waals surface area contributed by atoms with Gasteiger partial charge in [0.25, 0.3) is 0 Å². The van der Waals surface area contributed by atoms with Gasteiger partial charge in [-0.1, -0.05) is 53.5 Å². The number of benzene rings is 3. The third kappa shape index (κ3) is 3.66. The van der Waals surface area contributed by atoms with Crippen molar-refractivity contribution in [3.05, 3.63) is 105 Å². The number of carbonyl (C=O) groups is 3. The van der Waals surface area contributed by atoms with Gasteiger partial charge in [0.2, 0.25) is 11.8 Å². The number of halogens is 5. The van der Waals surface area contributed by atoms with Gasteiger partial charge in [0.05, 0.1) is 34.2 Å². The van der Waals surface area contributed by atoms with Crippen LogP contribution in [-0.4, -0.2) is 28.5 Å². The fourth-order valence-electron chi connectivity index (χ4n) is 5.78. The molecule has 0 aliphatic carbocycles. The Bertz CT molecular complexity index is 1550. The van der Waals surface area contributed by atoms with Crippen LogP contribution in [0.3, 0.4) is 0 Å². The molecular formula is C28H17Cl2F3N2O3. The van der Waals surface area contributed by atoms with E-state index in [1.54, 1.807) is 23.2 Å². The molecule has 0 spiro atoms. The number of Topliss-reactive ketones (excluding diaryl/α,β-unsaturated/α-hetero) is 1. The van der Waals surface area contributed by atoms with Crippen molar-refractivity contribution in [3.8, 4) is 0 Å². The minimum Gasteiger partial charge on any atom is -0.358 e. The second-order valence-corrected chi connectivity index (χ2v) is 10.2. The molecule has 0 radical (unpaired) electrons. The second-order valence-electron chi connectivity index (χ2n) is 9.38. The minimum atomic E-state index is -4.66. The molecule has 38 heavy (non-hydrogen) atoms. The summed E-state index contributed by atoms with van der Waals surface area (Å²) >= 11 is 12.3. The van der Waals surface area contributed by atoms with Crippen LogP contribution in [0.4, 0.5) is 18.9 Å². The molecule has 3 aliphatic rings. The van der Waals surface area contributed by atoms with Crippen LogP contribution < -0.4 is 4.90 Å². The number of fused-ring (bicyclic) bond motifs is 5.